The van der Waals surface area contributed by atoms with Crippen LogP contribution in [0.4, 0.5) is 5.69 Å². The summed E-state index contributed by atoms with van der Waals surface area (Å²) in [6.07, 6.45) is 10.5. The lowest BCUT2D eigenvalue weighted by atomic mass is 9.93. The third kappa shape index (κ3) is 2.51. The minimum Gasteiger partial charge on any atom is -0.381 e. The quantitative estimate of drug-likeness (QED) is 0.903. The highest BCUT2D eigenvalue weighted by Gasteiger charge is 2.34. The Labute approximate surface area is 126 Å². The minimum absolute atomic E-state index is 0.611. The van der Waals surface area contributed by atoms with Crippen molar-refractivity contribution in [1.29, 1.82) is 0 Å². The van der Waals surface area contributed by atoms with Crippen molar-refractivity contribution in [3.05, 3.63) is 36.7 Å². The Balaban J connectivity index is 1.59. The molecule has 2 aliphatic rings. The molecule has 0 radical (unpaired) electrons. The number of rotatable bonds is 3. The lowest BCUT2D eigenvalue weighted by Gasteiger charge is -2.27. The highest BCUT2D eigenvalue weighted by molar-refractivity contribution is 5.93. The Kier molecular flexibility index (Phi) is 3.52. The number of aromatic nitrogens is 1. The van der Waals surface area contributed by atoms with Gasteiger partial charge in [0, 0.05) is 40.9 Å². The van der Waals surface area contributed by atoms with Gasteiger partial charge in [-0.2, -0.15) is 0 Å². The van der Waals surface area contributed by atoms with Gasteiger partial charge in [-0.15, -0.1) is 0 Å². The number of pyridine rings is 1. The molecule has 2 fully saturated rings. The monoisotopic (exact) mass is 281 g/mol. The van der Waals surface area contributed by atoms with Crippen molar-refractivity contribution in [2.45, 2.75) is 44.2 Å². The van der Waals surface area contributed by atoms with Crippen molar-refractivity contribution >= 4 is 16.5 Å². The third-order valence-electron chi connectivity index (χ3n) is 5.21. The maximum atomic E-state index is 4.23. The van der Waals surface area contributed by atoms with Crippen molar-refractivity contribution in [2.75, 3.05) is 11.9 Å². The Bertz CT molecular complexity index is 613. The Hall–Kier alpha value is -1.61. The molecule has 1 aliphatic carbocycles. The molecule has 0 spiro atoms. The van der Waals surface area contributed by atoms with E-state index in [0.717, 1.165) is 12.0 Å². The molecule has 3 nitrogen and oxygen atoms in total. The lowest BCUT2D eigenvalue weighted by molar-refractivity contribution is 0.376. The molecule has 110 valence electrons. The van der Waals surface area contributed by atoms with Crippen LogP contribution in [-0.2, 0) is 0 Å². The fourth-order valence-electron chi connectivity index (χ4n) is 4.17. The summed E-state index contributed by atoms with van der Waals surface area (Å²) >= 11 is 0. The summed E-state index contributed by atoms with van der Waals surface area (Å²) in [5.41, 5.74) is 1.27. The van der Waals surface area contributed by atoms with Crippen molar-refractivity contribution in [3.63, 3.8) is 0 Å². The summed E-state index contributed by atoms with van der Waals surface area (Å²) in [6.45, 7) is 1.20. The van der Waals surface area contributed by atoms with E-state index >= 15 is 0 Å². The second-order valence-electron chi connectivity index (χ2n) is 6.45. The molecule has 3 atom stereocenters. The van der Waals surface area contributed by atoms with Crippen LogP contribution in [0, 0.1) is 5.92 Å². The van der Waals surface area contributed by atoms with Crippen molar-refractivity contribution < 1.29 is 0 Å². The summed E-state index contributed by atoms with van der Waals surface area (Å²) in [4.78, 5) is 4.23. The number of hydrogen-bond donors (Lipinski definition) is 2. The largest absolute Gasteiger partial charge is 0.381 e. The molecule has 2 heterocycles. The van der Waals surface area contributed by atoms with Gasteiger partial charge in [-0.1, -0.05) is 18.6 Å². The molecule has 2 aromatic rings. The van der Waals surface area contributed by atoms with Gasteiger partial charge in [-0.25, -0.2) is 0 Å². The fourth-order valence-corrected chi connectivity index (χ4v) is 4.17. The number of anilines is 1. The van der Waals surface area contributed by atoms with E-state index < -0.39 is 0 Å². The molecule has 3 heteroatoms. The highest BCUT2D eigenvalue weighted by atomic mass is 15.0. The van der Waals surface area contributed by atoms with Gasteiger partial charge >= 0.3 is 0 Å². The SMILES string of the molecule is c1cc(NC2CCCC2C2CCCN2)c2ccncc2c1. The standard InChI is InChI=1S/C18H23N3/c1-4-13-12-19-11-9-14(13)17(6-1)21-18-7-2-5-15(18)16-8-3-10-20-16/h1,4,6,9,11-12,15-16,18,20-21H,2-3,5,7-8,10H2. The minimum atomic E-state index is 0.611. The number of nitrogens with one attached hydrogen (secondary N) is 2. The molecule has 3 unspecified atom stereocenters. The Morgan fingerprint density at radius 3 is 3.00 bits per heavy atom. The maximum Gasteiger partial charge on any atom is 0.0423 e. The van der Waals surface area contributed by atoms with Gasteiger partial charge in [0.2, 0.25) is 0 Å². The first kappa shape index (κ1) is 13.1. The van der Waals surface area contributed by atoms with E-state index in [-0.39, 0.29) is 0 Å². The molecule has 1 aromatic carbocycles. The molecule has 4 rings (SSSR count). The van der Waals surface area contributed by atoms with Crippen LogP contribution in [0.2, 0.25) is 0 Å². The maximum absolute atomic E-state index is 4.23. The third-order valence-corrected chi connectivity index (χ3v) is 5.21. The Morgan fingerprint density at radius 2 is 2.10 bits per heavy atom. The van der Waals surface area contributed by atoms with Crippen molar-refractivity contribution in [3.8, 4) is 0 Å². The molecule has 1 saturated heterocycles. The predicted molar refractivity (Wildman–Crippen MR) is 87.5 cm³/mol. The van der Waals surface area contributed by atoms with Crippen LogP contribution in [0.25, 0.3) is 10.8 Å². The zero-order valence-corrected chi connectivity index (χ0v) is 12.4. The van der Waals surface area contributed by atoms with Crippen LogP contribution in [0.3, 0.4) is 0 Å². The summed E-state index contributed by atoms with van der Waals surface area (Å²) in [5.74, 6) is 0.782. The van der Waals surface area contributed by atoms with E-state index in [2.05, 4.69) is 39.9 Å². The number of fused-ring (bicyclic) bond motifs is 1. The van der Waals surface area contributed by atoms with Crippen LogP contribution in [0.1, 0.15) is 32.1 Å². The first-order chi connectivity index (χ1) is 10.4. The zero-order chi connectivity index (χ0) is 14.1. The van der Waals surface area contributed by atoms with Crippen LogP contribution < -0.4 is 10.6 Å². The van der Waals surface area contributed by atoms with E-state index in [1.807, 2.05) is 12.4 Å². The first-order valence-corrected chi connectivity index (χ1v) is 8.24. The molecular weight excluding hydrogens is 258 g/mol. The van der Waals surface area contributed by atoms with E-state index in [9.17, 15) is 0 Å². The molecule has 0 amide bonds. The van der Waals surface area contributed by atoms with Gasteiger partial charge < -0.3 is 10.6 Å². The molecule has 21 heavy (non-hydrogen) atoms. The van der Waals surface area contributed by atoms with E-state index in [1.54, 1.807) is 0 Å². The second kappa shape index (κ2) is 5.64. The van der Waals surface area contributed by atoms with Gasteiger partial charge in [0.25, 0.3) is 0 Å². The molecule has 2 N–H and O–H groups in total. The van der Waals surface area contributed by atoms with Crippen LogP contribution >= 0.6 is 0 Å². The number of benzene rings is 1. The topological polar surface area (TPSA) is 37.0 Å². The average Bonchev–Trinajstić information content (AvgIpc) is 3.18. The molecule has 1 aromatic heterocycles. The molecular formula is C18H23N3. The zero-order valence-electron chi connectivity index (χ0n) is 12.4. The number of hydrogen-bond acceptors (Lipinski definition) is 3. The van der Waals surface area contributed by atoms with Gasteiger partial charge in [0.1, 0.15) is 0 Å². The van der Waals surface area contributed by atoms with Gasteiger partial charge in [0.15, 0.2) is 0 Å². The summed E-state index contributed by atoms with van der Waals surface area (Å²) in [5, 5.41) is 10.1. The normalized spacial score (nSPS) is 29.0. The van der Waals surface area contributed by atoms with Gasteiger partial charge in [-0.05, 0) is 50.3 Å². The van der Waals surface area contributed by atoms with Gasteiger partial charge in [-0.3, -0.25) is 4.98 Å². The van der Waals surface area contributed by atoms with Crippen LogP contribution in [0.15, 0.2) is 36.7 Å². The van der Waals surface area contributed by atoms with Crippen molar-refractivity contribution in [2.24, 2.45) is 5.92 Å². The van der Waals surface area contributed by atoms with Crippen LogP contribution in [0.5, 0.6) is 0 Å². The van der Waals surface area contributed by atoms with E-state index in [0.29, 0.717) is 6.04 Å². The smallest absolute Gasteiger partial charge is 0.0423 e. The second-order valence-corrected chi connectivity index (χ2v) is 6.45. The fraction of sp³-hybridized carbons (Fsp3) is 0.500. The van der Waals surface area contributed by atoms with E-state index in [1.165, 1.54) is 55.1 Å². The Morgan fingerprint density at radius 1 is 1.10 bits per heavy atom. The summed E-state index contributed by atoms with van der Waals surface area (Å²) in [7, 11) is 0. The summed E-state index contributed by atoms with van der Waals surface area (Å²) in [6, 6.07) is 9.93. The predicted octanol–water partition coefficient (Wildman–Crippen LogP) is 3.57. The molecule has 1 aliphatic heterocycles. The molecule has 1 saturated carbocycles. The lowest BCUT2D eigenvalue weighted by Crippen LogP contribution is -2.38. The summed E-state index contributed by atoms with van der Waals surface area (Å²) < 4.78 is 0. The molecule has 0 bridgehead atoms. The highest BCUT2D eigenvalue weighted by Crippen LogP contribution is 2.35. The van der Waals surface area contributed by atoms with Gasteiger partial charge in [0.05, 0.1) is 0 Å². The number of nitrogens with zero attached hydrogens (tertiary/aromatic N) is 1. The van der Waals surface area contributed by atoms with Crippen LogP contribution in [-0.4, -0.2) is 23.6 Å². The van der Waals surface area contributed by atoms with Crippen molar-refractivity contribution in [1.82, 2.24) is 10.3 Å². The first-order valence-electron chi connectivity index (χ1n) is 8.24. The van der Waals surface area contributed by atoms with E-state index in [4.69, 9.17) is 0 Å². The average molecular weight is 281 g/mol.